The number of rotatable bonds is 2. The molecule has 0 amide bonds. The smallest absolute Gasteiger partial charge is 0.155 e. The van der Waals surface area contributed by atoms with Crippen LogP contribution in [0.1, 0.15) is 5.56 Å². The fourth-order valence-electron chi connectivity index (χ4n) is 2.01. The first-order valence-corrected chi connectivity index (χ1v) is 6.67. The zero-order valence-corrected chi connectivity index (χ0v) is 12.0. The first-order chi connectivity index (χ1) is 10.1. The van der Waals surface area contributed by atoms with E-state index in [9.17, 15) is 4.39 Å². The Kier molecular flexibility index (Phi) is 3.35. The Morgan fingerprint density at radius 2 is 1.86 bits per heavy atom. The standard InChI is InChI=1S/C15H12ClFN4/c1-9-2-4-10(5-3-9)14-15(18)21(20-19-14)11-6-7-13(17)12(16)8-11/h2-8H,18H2,1H3. The zero-order valence-electron chi connectivity index (χ0n) is 11.2. The van der Waals surface area contributed by atoms with Crippen LogP contribution in [0, 0.1) is 12.7 Å². The molecule has 0 aliphatic rings. The van der Waals surface area contributed by atoms with Gasteiger partial charge in [-0.2, -0.15) is 4.68 Å². The Labute approximate surface area is 126 Å². The summed E-state index contributed by atoms with van der Waals surface area (Å²) in [5.74, 6) is -0.112. The van der Waals surface area contributed by atoms with Crippen LogP contribution in [0.15, 0.2) is 42.5 Å². The third kappa shape index (κ3) is 2.48. The highest BCUT2D eigenvalue weighted by molar-refractivity contribution is 6.30. The first-order valence-electron chi connectivity index (χ1n) is 6.30. The van der Waals surface area contributed by atoms with Crippen molar-refractivity contribution in [2.24, 2.45) is 0 Å². The van der Waals surface area contributed by atoms with Crippen molar-refractivity contribution < 1.29 is 4.39 Å². The minimum Gasteiger partial charge on any atom is -0.382 e. The summed E-state index contributed by atoms with van der Waals surface area (Å²) in [6.07, 6.45) is 0. The molecular weight excluding hydrogens is 291 g/mol. The third-order valence-corrected chi connectivity index (χ3v) is 3.47. The molecule has 0 bridgehead atoms. The van der Waals surface area contributed by atoms with Crippen molar-refractivity contribution >= 4 is 17.4 Å². The Balaban J connectivity index is 2.06. The molecule has 3 rings (SSSR count). The summed E-state index contributed by atoms with van der Waals surface area (Å²) in [6.45, 7) is 2.00. The molecule has 3 aromatic rings. The number of aromatic nitrogens is 3. The van der Waals surface area contributed by atoms with Gasteiger partial charge in [0.1, 0.15) is 11.5 Å². The number of aryl methyl sites for hydroxylation is 1. The molecule has 0 saturated carbocycles. The fraction of sp³-hybridized carbons (Fsp3) is 0.0667. The van der Waals surface area contributed by atoms with Crippen molar-refractivity contribution in [3.05, 3.63) is 58.9 Å². The van der Waals surface area contributed by atoms with Crippen molar-refractivity contribution in [3.8, 4) is 16.9 Å². The van der Waals surface area contributed by atoms with E-state index in [-0.39, 0.29) is 5.02 Å². The van der Waals surface area contributed by atoms with E-state index in [2.05, 4.69) is 10.3 Å². The highest BCUT2D eigenvalue weighted by atomic mass is 35.5. The minimum atomic E-state index is -0.488. The van der Waals surface area contributed by atoms with Crippen molar-refractivity contribution in [2.75, 3.05) is 5.73 Å². The van der Waals surface area contributed by atoms with Gasteiger partial charge in [0.15, 0.2) is 5.82 Å². The lowest BCUT2D eigenvalue weighted by atomic mass is 10.1. The predicted molar refractivity (Wildman–Crippen MR) is 80.9 cm³/mol. The predicted octanol–water partition coefficient (Wildman–Crippen LogP) is 3.62. The monoisotopic (exact) mass is 302 g/mol. The van der Waals surface area contributed by atoms with E-state index in [1.165, 1.54) is 16.8 Å². The van der Waals surface area contributed by atoms with Gasteiger partial charge in [-0.1, -0.05) is 46.6 Å². The molecule has 21 heavy (non-hydrogen) atoms. The molecule has 4 nitrogen and oxygen atoms in total. The van der Waals surface area contributed by atoms with Crippen molar-refractivity contribution in [1.29, 1.82) is 0 Å². The lowest BCUT2D eigenvalue weighted by molar-refractivity contribution is 0.627. The molecule has 0 aliphatic heterocycles. The molecule has 0 aliphatic carbocycles. The maximum atomic E-state index is 13.2. The van der Waals surface area contributed by atoms with Gasteiger partial charge in [-0.3, -0.25) is 0 Å². The minimum absolute atomic E-state index is 0.0132. The second-order valence-corrected chi connectivity index (χ2v) is 5.11. The van der Waals surface area contributed by atoms with Gasteiger partial charge in [0.05, 0.1) is 10.7 Å². The molecule has 0 spiro atoms. The lowest BCUT2D eigenvalue weighted by Crippen LogP contribution is -2.02. The van der Waals surface area contributed by atoms with Crippen LogP contribution < -0.4 is 5.73 Å². The van der Waals surface area contributed by atoms with Crippen molar-refractivity contribution in [1.82, 2.24) is 15.0 Å². The van der Waals surface area contributed by atoms with E-state index in [1.807, 2.05) is 31.2 Å². The van der Waals surface area contributed by atoms with Crippen LogP contribution in [0.3, 0.4) is 0 Å². The molecule has 2 N–H and O–H groups in total. The molecule has 2 aromatic carbocycles. The Bertz CT molecular complexity index is 796. The number of nitrogen functional groups attached to an aromatic ring is 1. The maximum absolute atomic E-state index is 13.2. The second-order valence-electron chi connectivity index (χ2n) is 4.70. The SMILES string of the molecule is Cc1ccc(-c2nnn(-c3ccc(F)c(Cl)c3)c2N)cc1. The number of hydrogen-bond donors (Lipinski definition) is 1. The van der Waals surface area contributed by atoms with E-state index >= 15 is 0 Å². The number of nitrogens with zero attached hydrogens (tertiary/aromatic N) is 3. The zero-order chi connectivity index (χ0) is 15.0. The van der Waals surface area contributed by atoms with Gasteiger partial charge in [-0.25, -0.2) is 4.39 Å². The number of benzene rings is 2. The summed E-state index contributed by atoms with van der Waals surface area (Å²) in [4.78, 5) is 0. The molecule has 0 atom stereocenters. The number of halogens is 2. The van der Waals surface area contributed by atoms with E-state index < -0.39 is 5.82 Å². The molecule has 106 valence electrons. The van der Waals surface area contributed by atoms with Gasteiger partial charge in [-0.15, -0.1) is 5.10 Å². The Hall–Kier alpha value is -2.40. The quantitative estimate of drug-likeness (QED) is 0.786. The highest BCUT2D eigenvalue weighted by Crippen LogP contribution is 2.27. The van der Waals surface area contributed by atoms with Gasteiger partial charge in [0.25, 0.3) is 0 Å². The van der Waals surface area contributed by atoms with Crippen LogP contribution in [-0.4, -0.2) is 15.0 Å². The summed E-state index contributed by atoms with van der Waals surface area (Å²) in [5, 5.41) is 8.12. The maximum Gasteiger partial charge on any atom is 0.155 e. The summed E-state index contributed by atoms with van der Waals surface area (Å²) in [6, 6.07) is 12.1. The molecule has 0 radical (unpaired) electrons. The molecule has 6 heteroatoms. The van der Waals surface area contributed by atoms with Crippen LogP contribution in [0.5, 0.6) is 0 Å². The van der Waals surface area contributed by atoms with E-state index in [0.717, 1.165) is 11.1 Å². The molecule has 0 fully saturated rings. The summed E-state index contributed by atoms with van der Waals surface area (Å²) in [5.41, 5.74) is 9.25. The first kappa shape index (κ1) is 13.6. The molecule has 0 saturated heterocycles. The largest absolute Gasteiger partial charge is 0.382 e. The van der Waals surface area contributed by atoms with Crippen LogP contribution in [0.4, 0.5) is 10.2 Å². The van der Waals surface area contributed by atoms with Crippen LogP contribution in [0.25, 0.3) is 16.9 Å². The normalized spacial score (nSPS) is 10.8. The van der Waals surface area contributed by atoms with Gasteiger partial charge < -0.3 is 5.73 Å². The summed E-state index contributed by atoms with van der Waals surface area (Å²) >= 11 is 5.78. The Morgan fingerprint density at radius 3 is 2.52 bits per heavy atom. The van der Waals surface area contributed by atoms with E-state index in [1.54, 1.807) is 6.07 Å². The van der Waals surface area contributed by atoms with E-state index in [4.69, 9.17) is 17.3 Å². The topological polar surface area (TPSA) is 56.7 Å². The summed E-state index contributed by atoms with van der Waals surface area (Å²) in [7, 11) is 0. The fourth-order valence-corrected chi connectivity index (χ4v) is 2.19. The average molecular weight is 303 g/mol. The molecular formula is C15H12ClFN4. The number of nitrogens with two attached hydrogens (primary N) is 1. The van der Waals surface area contributed by atoms with Crippen LogP contribution in [-0.2, 0) is 0 Å². The van der Waals surface area contributed by atoms with Crippen LogP contribution in [0.2, 0.25) is 5.02 Å². The third-order valence-electron chi connectivity index (χ3n) is 3.18. The number of hydrogen-bond acceptors (Lipinski definition) is 3. The lowest BCUT2D eigenvalue weighted by Gasteiger charge is -2.05. The average Bonchev–Trinajstić information content (AvgIpc) is 2.85. The van der Waals surface area contributed by atoms with Crippen LogP contribution >= 0.6 is 11.6 Å². The molecule has 0 unspecified atom stereocenters. The van der Waals surface area contributed by atoms with Gasteiger partial charge in [0, 0.05) is 5.56 Å². The molecule has 1 aromatic heterocycles. The molecule has 1 heterocycles. The van der Waals surface area contributed by atoms with Gasteiger partial charge in [0.2, 0.25) is 0 Å². The Morgan fingerprint density at radius 1 is 1.14 bits per heavy atom. The highest BCUT2D eigenvalue weighted by Gasteiger charge is 2.13. The second kappa shape index (κ2) is 5.18. The summed E-state index contributed by atoms with van der Waals surface area (Å²) < 4.78 is 14.6. The van der Waals surface area contributed by atoms with Gasteiger partial charge in [-0.05, 0) is 25.1 Å². The number of anilines is 1. The van der Waals surface area contributed by atoms with Gasteiger partial charge >= 0.3 is 0 Å². The van der Waals surface area contributed by atoms with Crippen molar-refractivity contribution in [2.45, 2.75) is 6.92 Å². The van der Waals surface area contributed by atoms with Crippen molar-refractivity contribution in [3.63, 3.8) is 0 Å². The van der Waals surface area contributed by atoms with E-state index in [0.29, 0.717) is 17.2 Å².